The van der Waals surface area contributed by atoms with E-state index >= 15 is 0 Å². The number of halogens is 1. The Balaban J connectivity index is 1.84. The average molecular weight is 374 g/mol. The fraction of sp³-hybridized carbons (Fsp3) is 0.385. The van der Waals surface area contributed by atoms with Gasteiger partial charge in [-0.05, 0) is 19.1 Å². The fourth-order valence-corrected chi connectivity index (χ4v) is 3.50. The van der Waals surface area contributed by atoms with Crippen molar-refractivity contribution in [3.8, 4) is 0 Å². The van der Waals surface area contributed by atoms with Crippen LogP contribution in [0.4, 0.5) is 10.9 Å². The lowest BCUT2D eigenvalue weighted by Crippen LogP contribution is -2.22. The Bertz CT molecular complexity index is 638. The van der Waals surface area contributed by atoms with E-state index in [1.165, 1.54) is 29.3 Å². The van der Waals surface area contributed by atoms with Gasteiger partial charge in [-0.2, -0.15) is 0 Å². The number of thioether (sulfide) groups is 1. The third-order valence-electron chi connectivity index (χ3n) is 2.61. The van der Waals surface area contributed by atoms with Crippen LogP contribution in [0.1, 0.15) is 6.92 Å². The zero-order valence-corrected chi connectivity index (χ0v) is 15.0. The minimum absolute atomic E-state index is 0.158. The van der Waals surface area contributed by atoms with E-state index in [9.17, 15) is 4.79 Å². The lowest BCUT2D eigenvalue weighted by atomic mass is 10.4. The highest BCUT2D eigenvalue weighted by molar-refractivity contribution is 8.02. The Kier molecular flexibility index (Phi) is 7.03. The number of hydrogen-bond acceptors (Lipinski definition) is 8. The third-order valence-corrected chi connectivity index (χ3v) is 4.90. The van der Waals surface area contributed by atoms with Gasteiger partial charge < -0.3 is 15.4 Å². The molecule has 124 valence electrons. The molecule has 23 heavy (non-hydrogen) atoms. The zero-order chi connectivity index (χ0) is 16.7. The molecule has 0 aromatic carbocycles. The number of nitrogens with zero attached hydrogens (tertiary/aromatic N) is 3. The maximum absolute atomic E-state index is 12.1. The summed E-state index contributed by atoms with van der Waals surface area (Å²) in [5.41, 5.74) is 0. The van der Waals surface area contributed by atoms with Crippen molar-refractivity contribution in [2.24, 2.45) is 0 Å². The van der Waals surface area contributed by atoms with Crippen LogP contribution in [0.2, 0.25) is 5.02 Å². The maximum atomic E-state index is 12.1. The second kappa shape index (κ2) is 9.02. The van der Waals surface area contributed by atoms with Crippen molar-refractivity contribution < 1.29 is 9.53 Å². The SMILES string of the molecule is COCCNc1nnc(SC(C)C(=O)Nc2ccc(Cl)cn2)s1. The number of ether oxygens (including phenoxy) is 1. The molecule has 1 amide bonds. The molecule has 7 nitrogen and oxygen atoms in total. The third kappa shape index (κ3) is 5.94. The molecule has 0 aliphatic heterocycles. The van der Waals surface area contributed by atoms with Gasteiger partial charge in [0.15, 0.2) is 4.34 Å². The number of nitrogens with one attached hydrogen (secondary N) is 2. The minimum Gasteiger partial charge on any atom is -0.383 e. The molecule has 10 heteroatoms. The van der Waals surface area contributed by atoms with Gasteiger partial charge in [0.05, 0.1) is 16.9 Å². The number of carbonyl (C=O) groups excluding carboxylic acids is 1. The second-order valence-corrected chi connectivity index (χ2v) is 7.41. The van der Waals surface area contributed by atoms with Gasteiger partial charge in [0.25, 0.3) is 0 Å². The molecule has 0 radical (unpaired) electrons. The van der Waals surface area contributed by atoms with E-state index in [0.29, 0.717) is 29.1 Å². The molecule has 0 aliphatic rings. The number of carbonyl (C=O) groups is 1. The Hall–Kier alpha value is -1.42. The van der Waals surface area contributed by atoms with Crippen LogP contribution in [-0.2, 0) is 9.53 Å². The predicted molar refractivity (Wildman–Crippen MR) is 93.5 cm³/mol. The average Bonchev–Trinajstić information content (AvgIpc) is 2.97. The van der Waals surface area contributed by atoms with Crippen LogP contribution in [0.3, 0.4) is 0 Å². The Morgan fingerprint density at radius 1 is 1.48 bits per heavy atom. The van der Waals surface area contributed by atoms with Gasteiger partial charge >= 0.3 is 0 Å². The number of hydrogen-bond donors (Lipinski definition) is 2. The molecular weight excluding hydrogens is 358 g/mol. The Labute approximate surface area is 147 Å². The van der Waals surface area contributed by atoms with Crippen molar-refractivity contribution in [2.75, 3.05) is 30.9 Å². The first-order valence-corrected chi connectivity index (χ1v) is 8.81. The molecule has 0 saturated carbocycles. The predicted octanol–water partition coefficient (Wildman–Crippen LogP) is 2.76. The van der Waals surface area contributed by atoms with Gasteiger partial charge in [-0.3, -0.25) is 4.79 Å². The minimum atomic E-state index is -0.327. The Morgan fingerprint density at radius 3 is 3.00 bits per heavy atom. The topological polar surface area (TPSA) is 89.0 Å². The monoisotopic (exact) mass is 373 g/mol. The van der Waals surface area contributed by atoms with E-state index in [-0.39, 0.29) is 11.2 Å². The number of amides is 1. The molecule has 0 bridgehead atoms. The normalized spacial score (nSPS) is 12.0. The largest absolute Gasteiger partial charge is 0.383 e. The lowest BCUT2D eigenvalue weighted by molar-refractivity contribution is -0.115. The van der Waals surface area contributed by atoms with E-state index < -0.39 is 0 Å². The molecule has 2 rings (SSSR count). The highest BCUT2D eigenvalue weighted by Crippen LogP contribution is 2.29. The van der Waals surface area contributed by atoms with Crippen molar-refractivity contribution in [3.05, 3.63) is 23.4 Å². The molecular formula is C13H16ClN5O2S2. The summed E-state index contributed by atoms with van der Waals surface area (Å²) >= 11 is 8.50. The fourth-order valence-electron chi connectivity index (χ4n) is 1.47. The summed E-state index contributed by atoms with van der Waals surface area (Å²) in [6.45, 7) is 3.05. The smallest absolute Gasteiger partial charge is 0.238 e. The van der Waals surface area contributed by atoms with Gasteiger partial charge in [-0.15, -0.1) is 10.2 Å². The van der Waals surface area contributed by atoms with Crippen molar-refractivity contribution in [1.29, 1.82) is 0 Å². The van der Waals surface area contributed by atoms with Gasteiger partial charge in [0.1, 0.15) is 5.82 Å². The first-order valence-electron chi connectivity index (χ1n) is 6.74. The molecule has 1 unspecified atom stereocenters. The molecule has 2 aromatic heterocycles. The number of pyridine rings is 1. The van der Waals surface area contributed by atoms with Gasteiger partial charge in [-0.1, -0.05) is 34.7 Å². The molecule has 2 aromatic rings. The van der Waals surface area contributed by atoms with Crippen LogP contribution in [0.5, 0.6) is 0 Å². The Morgan fingerprint density at radius 2 is 2.30 bits per heavy atom. The van der Waals surface area contributed by atoms with Crippen molar-refractivity contribution in [1.82, 2.24) is 15.2 Å². The van der Waals surface area contributed by atoms with E-state index in [2.05, 4.69) is 25.8 Å². The van der Waals surface area contributed by atoms with E-state index in [0.717, 1.165) is 4.34 Å². The number of anilines is 2. The van der Waals surface area contributed by atoms with Crippen molar-refractivity contribution >= 4 is 51.6 Å². The highest BCUT2D eigenvalue weighted by atomic mass is 35.5. The standard InChI is InChI=1S/C13H16ClN5O2S2/c1-8(11(20)17-10-4-3-9(14)7-16-10)22-13-19-18-12(23-13)15-5-6-21-2/h3-4,7-8H,5-6H2,1-2H3,(H,15,18)(H,16,17,20). The lowest BCUT2D eigenvalue weighted by Gasteiger charge is -2.09. The zero-order valence-electron chi connectivity index (χ0n) is 12.6. The highest BCUT2D eigenvalue weighted by Gasteiger charge is 2.17. The van der Waals surface area contributed by atoms with Gasteiger partial charge in [0.2, 0.25) is 11.0 Å². The van der Waals surface area contributed by atoms with Crippen LogP contribution in [0, 0.1) is 0 Å². The van der Waals surface area contributed by atoms with Crippen LogP contribution in [0.25, 0.3) is 0 Å². The molecule has 1 atom stereocenters. The molecule has 2 heterocycles. The first kappa shape index (κ1) is 17.9. The maximum Gasteiger partial charge on any atom is 0.238 e. The second-order valence-electron chi connectivity index (χ2n) is 4.40. The summed E-state index contributed by atoms with van der Waals surface area (Å²) in [4.78, 5) is 16.2. The quantitative estimate of drug-likeness (QED) is 0.543. The summed E-state index contributed by atoms with van der Waals surface area (Å²) in [6, 6.07) is 3.32. The number of aromatic nitrogens is 3. The van der Waals surface area contributed by atoms with E-state index in [1.807, 2.05) is 0 Å². The first-order chi connectivity index (χ1) is 11.1. The molecule has 0 saturated heterocycles. The number of rotatable bonds is 8. The van der Waals surface area contributed by atoms with Gasteiger partial charge in [-0.25, -0.2) is 4.98 Å². The molecule has 0 spiro atoms. The van der Waals surface area contributed by atoms with Crippen molar-refractivity contribution in [2.45, 2.75) is 16.5 Å². The molecule has 0 fully saturated rings. The summed E-state index contributed by atoms with van der Waals surface area (Å²) in [5.74, 6) is 0.306. The summed E-state index contributed by atoms with van der Waals surface area (Å²) in [6.07, 6.45) is 1.48. The van der Waals surface area contributed by atoms with E-state index in [4.69, 9.17) is 16.3 Å². The molecule has 0 aliphatic carbocycles. The van der Waals surface area contributed by atoms with Gasteiger partial charge in [0, 0.05) is 19.9 Å². The van der Waals surface area contributed by atoms with Crippen LogP contribution >= 0.6 is 34.7 Å². The van der Waals surface area contributed by atoms with Crippen LogP contribution in [0.15, 0.2) is 22.7 Å². The summed E-state index contributed by atoms with van der Waals surface area (Å²) in [5, 5.41) is 14.8. The van der Waals surface area contributed by atoms with Crippen molar-refractivity contribution in [3.63, 3.8) is 0 Å². The van der Waals surface area contributed by atoms with E-state index in [1.54, 1.807) is 26.2 Å². The summed E-state index contributed by atoms with van der Waals surface area (Å²) < 4.78 is 5.67. The van der Waals surface area contributed by atoms with Crippen LogP contribution in [-0.4, -0.2) is 46.6 Å². The number of methoxy groups -OCH3 is 1. The summed E-state index contributed by atoms with van der Waals surface area (Å²) in [7, 11) is 1.64. The molecule has 2 N–H and O–H groups in total. The van der Waals surface area contributed by atoms with Crippen LogP contribution < -0.4 is 10.6 Å².